The number of hydrogen-bond acceptors (Lipinski definition) is 5. The fourth-order valence-corrected chi connectivity index (χ4v) is 3.07. The number of carbonyl (C=O) groups is 1. The number of hydrogen-bond donors (Lipinski definition) is 0. The summed E-state index contributed by atoms with van der Waals surface area (Å²) < 4.78 is 5.16. The van der Waals surface area contributed by atoms with Crippen LogP contribution in [-0.4, -0.2) is 43.1 Å². The summed E-state index contributed by atoms with van der Waals surface area (Å²) in [5.74, 6) is 2.01. The average Bonchev–Trinajstić information content (AvgIpc) is 2.71. The Kier molecular flexibility index (Phi) is 4.46. The number of anilines is 2. The van der Waals surface area contributed by atoms with Gasteiger partial charge in [-0.1, -0.05) is 24.3 Å². The maximum absolute atomic E-state index is 12.8. The molecule has 0 saturated carbocycles. The molecule has 0 unspecified atom stereocenters. The maximum atomic E-state index is 12.8. The number of nitrogens with zero attached hydrogens (tertiary/aromatic N) is 4. The Morgan fingerprint density at radius 3 is 2.33 bits per heavy atom. The van der Waals surface area contributed by atoms with Crippen molar-refractivity contribution in [3.63, 3.8) is 0 Å². The van der Waals surface area contributed by atoms with Gasteiger partial charge in [-0.2, -0.15) is 0 Å². The lowest BCUT2D eigenvalue weighted by atomic mass is 10.2. The predicted octanol–water partition coefficient (Wildman–Crippen LogP) is 3.13. The molecule has 0 aliphatic carbocycles. The Hall–Kier alpha value is -3.41. The van der Waals surface area contributed by atoms with E-state index in [4.69, 9.17) is 14.7 Å². The van der Waals surface area contributed by atoms with E-state index in [1.807, 2.05) is 60.5 Å². The van der Waals surface area contributed by atoms with Crippen LogP contribution in [0.2, 0.25) is 0 Å². The van der Waals surface area contributed by atoms with Gasteiger partial charge in [0, 0.05) is 26.2 Å². The molecule has 3 aromatic rings. The standard InChI is InChI=1S/C21H20N4O2/c1-24-13-14-25(19(26)12-9-15-7-10-16(27-2)11-8-15)21-20(24)22-17-5-3-4-6-18(17)23-21/h3-12H,13-14H2,1-2H3/b12-9+. The molecule has 6 heteroatoms. The van der Waals surface area contributed by atoms with Crippen molar-refractivity contribution in [2.45, 2.75) is 0 Å². The zero-order valence-corrected chi connectivity index (χ0v) is 15.3. The quantitative estimate of drug-likeness (QED) is 0.672. The van der Waals surface area contributed by atoms with Crippen LogP contribution in [0.4, 0.5) is 11.6 Å². The smallest absolute Gasteiger partial charge is 0.252 e. The molecule has 0 radical (unpaired) electrons. The van der Waals surface area contributed by atoms with E-state index in [1.54, 1.807) is 24.2 Å². The molecule has 0 atom stereocenters. The summed E-state index contributed by atoms with van der Waals surface area (Å²) in [6.45, 7) is 1.28. The first-order valence-electron chi connectivity index (χ1n) is 8.77. The van der Waals surface area contributed by atoms with Crippen molar-refractivity contribution < 1.29 is 9.53 Å². The number of benzene rings is 2. The van der Waals surface area contributed by atoms with Crippen molar-refractivity contribution in [1.29, 1.82) is 0 Å². The first-order valence-corrected chi connectivity index (χ1v) is 8.77. The van der Waals surface area contributed by atoms with Crippen LogP contribution in [0.15, 0.2) is 54.6 Å². The number of methoxy groups -OCH3 is 1. The molecule has 1 aliphatic rings. The molecule has 136 valence electrons. The number of para-hydroxylation sites is 2. The Morgan fingerprint density at radius 1 is 1.00 bits per heavy atom. The molecule has 0 N–H and O–H groups in total. The maximum Gasteiger partial charge on any atom is 0.252 e. The number of ether oxygens (including phenoxy) is 1. The topological polar surface area (TPSA) is 58.6 Å². The van der Waals surface area contributed by atoms with E-state index in [1.165, 1.54) is 0 Å². The van der Waals surface area contributed by atoms with Gasteiger partial charge in [-0.3, -0.25) is 9.69 Å². The van der Waals surface area contributed by atoms with Crippen molar-refractivity contribution in [2.75, 3.05) is 37.0 Å². The highest BCUT2D eigenvalue weighted by Gasteiger charge is 2.27. The first-order chi connectivity index (χ1) is 13.2. The Balaban J connectivity index is 1.64. The molecule has 0 saturated heterocycles. The van der Waals surface area contributed by atoms with E-state index in [9.17, 15) is 4.79 Å². The van der Waals surface area contributed by atoms with Crippen molar-refractivity contribution in [3.8, 4) is 5.75 Å². The van der Waals surface area contributed by atoms with Gasteiger partial charge in [0.15, 0.2) is 11.6 Å². The number of rotatable bonds is 3. The second-order valence-electron chi connectivity index (χ2n) is 6.38. The minimum atomic E-state index is -0.107. The van der Waals surface area contributed by atoms with Gasteiger partial charge in [-0.15, -0.1) is 0 Å². The first kappa shape index (κ1) is 17.0. The fraction of sp³-hybridized carbons (Fsp3) is 0.190. The molecule has 0 bridgehead atoms. The zero-order chi connectivity index (χ0) is 18.8. The predicted molar refractivity (Wildman–Crippen MR) is 107 cm³/mol. The van der Waals surface area contributed by atoms with Crippen LogP contribution < -0.4 is 14.5 Å². The van der Waals surface area contributed by atoms with E-state index < -0.39 is 0 Å². The molecular weight excluding hydrogens is 340 g/mol. The van der Waals surface area contributed by atoms with Crippen molar-refractivity contribution in [1.82, 2.24) is 9.97 Å². The fourth-order valence-electron chi connectivity index (χ4n) is 3.07. The highest BCUT2D eigenvalue weighted by molar-refractivity contribution is 6.05. The van der Waals surface area contributed by atoms with Gasteiger partial charge >= 0.3 is 0 Å². The van der Waals surface area contributed by atoms with E-state index in [2.05, 4.69) is 0 Å². The minimum Gasteiger partial charge on any atom is -0.497 e. The van der Waals surface area contributed by atoms with E-state index in [0.717, 1.165) is 28.2 Å². The molecule has 2 aromatic carbocycles. The summed E-state index contributed by atoms with van der Waals surface area (Å²) in [4.78, 5) is 25.9. The molecule has 6 nitrogen and oxygen atoms in total. The van der Waals surface area contributed by atoms with Gasteiger partial charge in [0.25, 0.3) is 5.91 Å². The summed E-state index contributed by atoms with van der Waals surface area (Å²) in [5.41, 5.74) is 2.54. The summed E-state index contributed by atoms with van der Waals surface area (Å²) in [7, 11) is 3.60. The second-order valence-corrected chi connectivity index (χ2v) is 6.38. The van der Waals surface area contributed by atoms with Gasteiger partial charge < -0.3 is 9.64 Å². The van der Waals surface area contributed by atoms with Gasteiger partial charge in [0.05, 0.1) is 18.1 Å². The summed E-state index contributed by atoms with van der Waals surface area (Å²) in [6, 6.07) is 15.3. The van der Waals surface area contributed by atoms with Crippen molar-refractivity contribution >= 4 is 34.7 Å². The Labute approximate surface area is 157 Å². The van der Waals surface area contributed by atoms with Crippen LogP contribution in [0.25, 0.3) is 17.1 Å². The highest BCUT2D eigenvalue weighted by Crippen LogP contribution is 2.30. The minimum absolute atomic E-state index is 0.107. The highest BCUT2D eigenvalue weighted by atomic mass is 16.5. The van der Waals surface area contributed by atoms with Crippen LogP contribution in [0.3, 0.4) is 0 Å². The molecule has 0 spiro atoms. The lowest BCUT2D eigenvalue weighted by Crippen LogP contribution is -2.43. The van der Waals surface area contributed by atoms with Crippen LogP contribution in [-0.2, 0) is 4.79 Å². The van der Waals surface area contributed by atoms with Crippen molar-refractivity contribution in [2.24, 2.45) is 0 Å². The van der Waals surface area contributed by atoms with Crippen LogP contribution in [0.5, 0.6) is 5.75 Å². The third-order valence-corrected chi connectivity index (χ3v) is 4.61. The van der Waals surface area contributed by atoms with Crippen LogP contribution in [0.1, 0.15) is 5.56 Å². The molecule has 1 aromatic heterocycles. The number of amides is 1. The summed E-state index contributed by atoms with van der Waals surface area (Å²) in [5, 5.41) is 0. The number of likely N-dealkylation sites (N-methyl/N-ethyl adjacent to an activating group) is 1. The molecule has 1 amide bonds. The zero-order valence-electron chi connectivity index (χ0n) is 15.3. The third kappa shape index (κ3) is 3.33. The van der Waals surface area contributed by atoms with Gasteiger partial charge in [0.2, 0.25) is 0 Å². The molecule has 1 aliphatic heterocycles. The SMILES string of the molecule is COc1ccc(/C=C/C(=O)N2CCN(C)c3nc4ccccc4nc32)cc1. The Bertz CT molecular complexity index is 1010. The molecule has 2 heterocycles. The molecule has 27 heavy (non-hydrogen) atoms. The van der Waals surface area contributed by atoms with Crippen LogP contribution in [0, 0.1) is 0 Å². The lowest BCUT2D eigenvalue weighted by molar-refractivity contribution is -0.114. The number of aromatic nitrogens is 2. The van der Waals surface area contributed by atoms with E-state index in [0.29, 0.717) is 18.9 Å². The molecule has 4 rings (SSSR count). The second kappa shape index (κ2) is 7.07. The normalized spacial score (nSPS) is 13.9. The Morgan fingerprint density at radius 2 is 1.67 bits per heavy atom. The molecular formula is C21H20N4O2. The monoisotopic (exact) mass is 360 g/mol. The van der Waals surface area contributed by atoms with Gasteiger partial charge in [0.1, 0.15) is 5.75 Å². The average molecular weight is 360 g/mol. The van der Waals surface area contributed by atoms with Crippen LogP contribution >= 0.6 is 0 Å². The van der Waals surface area contributed by atoms with Crippen molar-refractivity contribution in [3.05, 3.63) is 60.2 Å². The van der Waals surface area contributed by atoms with E-state index >= 15 is 0 Å². The third-order valence-electron chi connectivity index (χ3n) is 4.61. The van der Waals surface area contributed by atoms with E-state index in [-0.39, 0.29) is 5.91 Å². The summed E-state index contributed by atoms with van der Waals surface area (Å²) in [6.07, 6.45) is 3.38. The number of carbonyl (C=O) groups excluding carboxylic acids is 1. The summed E-state index contributed by atoms with van der Waals surface area (Å²) >= 11 is 0. The van der Waals surface area contributed by atoms with Gasteiger partial charge in [-0.25, -0.2) is 9.97 Å². The van der Waals surface area contributed by atoms with Gasteiger partial charge in [-0.05, 0) is 35.9 Å². The lowest BCUT2D eigenvalue weighted by Gasteiger charge is -2.33. The number of fused-ring (bicyclic) bond motifs is 2. The molecule has 0 fully saturated rings. The largest absolute Gasteiger partial charge is 0.497 e.